The van der Waals surface area contributed by atoms with Gasteiger partial charge in [-0.2, -0.15) is 0 Å². The Kier molecular flexibility index (Phi) is 4.80. The number of carbonyl (C=O) groups is 1. The summed E-state index contributed by atoms with van der Waals surface area (Å²) in [4.78, 5) is 23.5. The number of hydrogen-bond acceptors (Lipinski definition) is 6. The number of hydrogen-bond donors (Lipinski definition) is 0. The van der Waals surface area contributed by atoms with E-state index in [1.165, 1.54) is 13.0 Å². The van der Waals surface area contributed by atoms with Crippen molar-refractivity contribution in [3.63, 3.8) is 0 Å². The quantitative estimate of drug-likeness (QED) is 0.612. The molecule has 0 radical (unpaired) electrons. The van der Waals surface area contributed by atoms with E-state index in [1.54, 1.807) is 6.07 Å². The second kappa shape index (κ2) is 6.76. The molecule has 1 aromatic heterocycles. The maximum atomic E-state index is 11.8. The highest BCUT2D eigenvalue weighted by Gasteiger charge is 2.48. The van der Waals surface area contributed by atoms with Gasteiger partial charge in [-0.3, -0.25) is 4.79 Å². The highest BCUT2D eigenvalue weighted by atomic mass is 16.6. The van der Waals surface area contributed by atoms with Crippen LogP contribution in [0.25, 0.3) is 11.0 Å². The van der Waals surface area contributed by atoms with E-state index in [0.29, 0.717) is 23.5 Å². The summed E-state index contributed by atoms with van der Waals surface area (Å²) in [6.45, 7) is 9.59. The van der Waals surface area contributed by atoms with Crippen molar-refractivity contribution >= 4 is 16.9 Å². The van der Waals surface area contributed by atoms with Crippen molar-refractivity contribution in [1.82, 2.24) is 0 Å². The zero-order valence-corrected chi connectivity index (χ0v) is 15.7. The molecule has 0 saturated carbocycles. The van der Waals surface area contributed by atoms with Crippen LogP contribution in [0.3, 0.4) is 0 Å². The molecule has 0 fully saturated rings. The summed E-state index contributed by atoms with van der Waals surface area (Å²) >= 11 is 0. The first-order valence-corrected chi connectivity index (χ1v) is 8.73. The van der Waals surface area contributed by atoms with E-state index in [9.17, 15) is 9.59 Å². The number of fused-ring (bicyclic) bond motifs is 3. The zero-order valence-electron chi connectivity index (χ0n) is 15.7. The minimum absolute atomic E-state index is 0.282. The highest BCUT2D eigenvalue weighted by molar-refractivity contribution is 5.83. The van der Waals surface area contributed by atoms with Crippen LogP contribution in [0.1, 0.15) is 46.3 Å². The average Bonchev–Trinajstić information content (AvgIpc) is 2.53. The van der Waals surface area contributed by atoms with Crippen molar-refractivity contribution < 1.29 is 23.4 Å². The molecule has 0 spiro atoms. The standard InChI is InChI=1S/C20H24O6/c1-11(2)10-23-18-16-14(26-20(4,5)19(18)24-12(3)21)8-6-13-7-9-15(22)25-17(13)16/h6-9,11,18-19H,10H2,1-5H3/t18-,19-/m1/s1. The van der Waals surface area contributed by atoms with E-state index in [1.807, 2.05) is 39.8 Å². The summed E-state index contributed by atoms with van der Waals surface area (Å²) in [5, 5.41) is 0.756. The smallest absolute Gasteiger partial charge is 0.336 e. The molecular formula is C20H24O6. The first kappa shape index (κ1) is 18.5. The van der Waals surface area contributed by atoms with E-state index < -0.39 is 29.4 Å². The van der Waals surface area contributed by atoms with Crippen molar-refractivity contribution in [1.29, 1.82) is 0 Å². The Morgan fingerprint density at radius 1 is 1.23 bits per heavy atom. The molecule has 6 heteroatoms. The third-order valence-electron chi connectivity index (χ3n) is 4.31. The Morgan fingerprint density at radius 3 is 2.58 bits per heavy atom. The van der Waals surface area contributed by atoms with Gasteiger partial charge in [0.1, 0.15) is 23.0 Å². The molecule has 26 heavy (non-hydrogen) atoms. The van der Waals surface area contributed by atoms with Gasteiger partial charge in [-0.15, -0.1) is 0 Å². The molecule has 1 aliphatic rings. The van der Waals surface area contributed by atoms with Crippen molar-refractivity contribution in [3.8, 4) is 5.75 Å². The molecule has 140 valence electrons. The second-order valence-corrected chi connectivity index (χ2v) is 7.53. The molecule has 1 aromatic carbocycles. The molecule has 0 aliphatic carbocycles. The van der Waals surface area contributed by atoms with Crippen LogP contribution in [0.5, 0.6) is 5.75 Å². The average molecular weight is 360 g/mol. The topological polar surface area (TPSA) is 75.0 Å². The maximum absolute atomic E-state index is 11.8. The van der Waals surface area contributed by atoms with Gasteiger partial charge in [-0.1, -0.05) is 13.8 Å². The summed E-state index contributed by atoms with van der Waals surface area (Å²) in [5.74, 6) is 0.424. The molecule has 0 N–H and O–H groups in total. The van der Waals surface area contributed by atoms with E-state index in [-0.39, 0.29) is 5.92 Å². The molecule has 6 nitrogen and oxygen atoms in total. The molecule has 0 bridgehead atoms. The lowest BCUT2D eigenvalue weighted by atomic mass is 9.87. The highest BCUT2D eigenvalue weighted by Crippen LogP contribution is 2.46. The fraction of sp³-hybridized carbons (Fsp3) is 0.500. The van der Waals surface area contributed by atoms with Gasteiger partial charge >= 0.3 is 11.6 Å². The van der Waals surface area contributed by atoms with E-state index >= 15 is 0 Å². The molecular weight excluding hydrogens is 336 g/mol. The second-order valence-electron chi connectivity index (χ2n) is 7.53. The normalized spacial score (nSPS) is 21.3. The van der Waals surface area contributed by atoms with Gasteiger partial charge in [0.25, 0.3) is 0 Å². The van der Waals surface area contributed by atoms with Crippen molar-refractivity contribution in [2.45, 2.75) is 52.4 Å². The predicted octanol–water partition coefficient (Wildman–Crippen LogP) is 3.61. The van der Waals surface area contributed by atoms with E-state index in [2.05, 4.69) is 0 Å². The summed E-state index contributed by atoms with van der Waals surface area (Å²) < 4.78 is 23.3. The minimum Gasteiger partial charge on any atom is -0.483 e. The molecule has 0 saturated heterocycles. The summed E-state index contributed by atoms with van der Waals surface area (Å²) in [6.07, 6.45) is -1.28. The first-order chi connectivity index (χ1) is 12.2. The van der Waals surface area contributed by atoms with Gasteiger partial charge in [0, 0.05) is 25.0 Å². The molecule has 2 aromatic rings. The van der Waals surface area contributed by atoms with Crippen LogP contribution in [0, 0.1) is 5.92 Å². The molecule has 1 aliphatic heterocycles. The van der Waals surface area contributed by atoms with Crippen LogP contribution in [-0.4, -0.2) is 24.3 Å². The summed E-state index contributed by atoms with van der Waals surface area (Å²) in [5.41, 5.74) is -0.256. The minimum atomic E-state index is -0.803. The summed E-state index contributed by atoms with van der Waals surface area (Å²) in [7, 11) is 0. The lowest BCUT2D eigenvalue weighted by Crippen LogP contribution is -2.51. The largest absolute Gasteiger partial charge is 0.483 e. The monoisotopic (exact) mass is 360 g/mol. The number of rotatable bonds is 4. The predicted molar refractivity (Wildman–Crippen MR) is 96.3 cm³/mol. The lowest BCUT2D eigenvalue weighted by molar-refractivity contribution is -0.183. The molecule has 3 rings (SSSR count). The molecule has 2 atom stereocenters. The fourth-order valence-electron chi connectivity index (χ4n) is 3.20. The maximum Gasteiger partial charge on any atom is 0.336 e. The Labute approximate surface area is 152 Å². The number of carbonyl (C=O) groups excluding carboxylic acids is 1. The van der Waals surface area contributed by atoms with Gasteiger partial charge < -0.3 is 18.6 Å². The number of benzene rings is 1. The van der Waals surface area contributed by atoms with Crippen LogP contribution in [0.4, 0.5) is 0 Å². The zero-order chi connectivity index (χ0) is 19.1. The first-order valence-electron chi connectivity index (χ1n) is 8.73. The third kappa shape index (κ3) is 3.46. The van der Waals surface area contributed by atoms with Gasteiger partial charge in [-0.05, 0) is 38.0 Å². The van der Waals surface area contributed by atoms with Crippen molar-refractivity contribution in [2.24, 2.45) is 5.92 Å². The molecule has 0 amide bonds. The Hall–Kier alpha value is -2.34. The van der Waals surface area contributed by atoms with Crippen LogP contribution >= 0.6 is 0 Å². The van der Waals surface area contributed by atoms with Gasteiger partial charge in [0.05, 0.1) is 5.56 Å². The van der Waals surface area contributed by atoms with Crippen LogP contribution < -0.4 is 10.4 Å². The van der Waals surface area contributed by atoms with Gasteiger partial charge in [0.15, 0.2) is 6.10 Å². The van der Waals surface area contributed by atoms with Crippen LogP contribution in [-0.2, 0) is 14.3 Å². The van der Waals surface area contributed by atoms with Crippen molar-refractivity contribution in [2.75, 3.05) is 6.61 Å². The Balaban J connectivity index is 2.21. The van der Waals surface area contributed by atoms with E-state index in [0.717, 1.165) is 5.39 Å². The SMILES string of the molecule is CC(=O)O[C@@H]1[C@H](OCC(C)C)c2c(ccc3ccc(=O)oc23)OC1(C)C. The number of esters is 1. The lowest BCUT2D eigenvalue weighted by Gasteiger charge is -2.43. The summed E-state index contributed by atoms with van der Waals surface area (Å²) in [6, 6.07) is 6.73. The number of ether oxygens (including phenoxy) is 3. The Bertz CT molecular complexity index is 879. The molecule has 2 heterocycles. The van der Waals surface area contributed by atoms with Crippen LogP contribution in [0.2, 0.25) is 0 Å². The Morgan fingerprint density at radius 2 is 1.92 bits per heavy atom. The van der Waals surface area contributed by atoms with E-state index in [4.69, 9.17) is 18.6 Å². The molecule has 0 unspecified atom stereocenters. The van der Waals surface area contributed by atoms with Gasteiger partial charge in [0.2, 0.25) is 0 Å². The fourth-order valence-corrected chi connectivity index (χ4v) is 3.20. The van der Waals surface area contributed by atoms with Gasteiger partial charge in [-0.25, -0.2) is 4.79 Å². The van der Waals surface area contributed by atoms with Crippen molar-refractivity contribution in [3.05, 3.63) is 40.2 Å². The third-order valence-corrected chi connectivity index (χ3v) is 4.31. The van der Waals surface area contributed by atoms with Crippen LogP contribution in [0.15, 0.2) is 33.5 Å².